The summed E-state index contributed by atoms with van der Waals surface area (Å²) >= 11 is 0. The zero-order valence-corrected chi connectivity index (χ0v) is 9.74. The Bertz CT molecular complexity index is 561. The number of benzene rings is 1. The number of hydrogen-bond acceptors (Lipinski definition) is 3. The second-order valence-corrected chi connectivity index (χ2v) is 4.55. The van der Waals surface area contributed by atoms with Crippen LogP contribution in [0.5, 0.6) is 0 Å². The van der Waals surface area contributed by atoms with Crippen LogP contribution >= 0.6 is 0 Å². The number of oxazole rings is 1. The average molecular weight is 214 g/mol. The molecular weight excluding hydrogens is 200 g/mol. The van der Waals surface area contributed by atoms with Gasteiger partial charge >= 0.3 is 0 Å². The Morgan fingerprint density at radius 2 is 2.19 bits per heavy atom. The summed E-state index contributed by atoms with van der Waals surface area (Å²) in [7, 11) is 0. The first-order valence-corrected chi connectivity index (χ1v) is 5.38. The lowest BCUT2D eigenvalue weighted by atomic mass is 9.90. The number of hydrogen-bond donors (Lipinski definition) is 0. The van der Waals surface area contributed by atoms with Gasteiger partial charge in [0.15, 0.2) is 5.58 Å². The van der Waals surface area contributed by atoms with Crippen LogP contribution in [-0.2, 0) is 5.41 Å². The fraction of sp³-hybridized carbons (Fsp3) is 0.385. The number of fused-ring (bicyclic) bond motifs is 1. The van der Waals surface area contributed by atoms with Crippen LogP contribution in [-0.4, -0.2) is 4.98 Å². The Kier molecular flexibility index (Phi) is 2.43. The van der Waals surface area contributed by atoms with Gasteiger partial charge in [-0.3, -0.25) is 0 Å². The van der Waals surface area contributed by atoms with Crippen LogP contribution in [0.2, 0.25) is 0 Å². The summed E-state index contributed by atoms with van der Waals surface area (Å²) in [6.45, 7) is 6.31. The molecule has 1 heterocycles. The van der Waals surface area contributed by atoms with Crippen LogP contribution in [0, 0.1) is 11.3 Å². The van der Waals surface area contributed by atoms with Gasteiger partial charge in [0, 0.05) is 11.5 Å². The van der Waals surface area contributed by atoms with E-state index in [0.717, 1.165) is 17.8 Å². The lowest BCUT2D eigenvalue weighted by molar-refractivity contribution is 0.373. The Labute approximate surface area is 94.7 Å². The van der Waals surface area contributed by atoms with Crippen molar-refractivity contribution in [1.29, 1.82) is 5.26 Å². The summed E-state index contributed by atoms with van der Waals surface area (Å²) in [5.41, 5.74) is 2.04. The molecule has 0 bridgehead atoms. The fourth-order valence-electron chi connectivity index (χ4n) is 1.43. The quantitative estimate of drug-likeness (QED) is 0.769. The fourth-order valence-corrected chi connectivity index (χ4v) is 1.43. The predicted molar refractivity (Wildman–Crippen MR) is 62.0 cm³/mol. The van der Waals surface area contributed by atoms with Crippen molar-refractivity contribution in [2.24, 2.45) is 0 Å². The Balaban J connectivity index is 2.57. The van der Waals surface area contributed by atoms with Crippen molar-refractivity contribution >= 4 is 11.1 Å². The Morgan fingerprint density at radius 3 is 2.81 bits per heavy atom. The van der Waals surface area contributed by atoms with E-state index in [9.17, 15) is 0 Å². The summed E-state index contributed by atoms with van der Waals surface area (Å²) in [5, 5.41) is 8.80. The van der Waals surface area contributed by atoms with E-state index in [4.69, 9.17) is 9.68 Å². The number of nitrogens with zero attached hydrogens (tertiary/aromatic N) is 2. The number of rotatable bonds is 2. The third kappa shape index (κ3) is 1.67. The van der Waals surface area contributed by atoms with E-state index in [-0.39, 0.29) is 5.41 Å². The molecule has 0 fully saturated rings. The topological polar surface area (TPSA) is 49.8 Å². The van der Waals surface area contributed by atoms with Gasteiger partial charge in [-0.1, -0.05) is 20.8 Å². The highest BCUT2D eigenvalue weighted by Gasteiger charge is 2.24. The maximum Gasteiger partial charge on any atom is 0.201 e. The molecular formula is C13H14N2O. The minimum atomic E-state index is -0.0637. The van der Waals surface area contributed by atoms with Crippen LogP contribution in [0.25, 0.3) is 11.1 Å². The van der Waals surface area contributed by atoms with Gasteiger partial charge in [0.25, 0.3) is 0 Å². The van der Waals surface area contributed by atoms with Crippen molar-refractivity contribution in [3.63, 3.8) is 0 Å². The van der Waals surface area contributed by atoms with E-state index in [1.54, 1.807) is 12.1 Å². The molecule has 3 nitrogen and oxygen atoms in total. The van der Waals surface area contributed by atoms with Crippen LogP contribution in [0.15, 0.2) is 22.6 Å². The second-order valence-electron chi connectivity index (χ2n) is 4.55. The lowest BCUT2D eigenvalue weighted by Crippen LogP contribution is -2.15. The number of aromatic nitrogens is 1. The largest absolute Gasteiger partial charge is 0.440 e. The molecule has 0 aliphatic rings. The normalized spacial score (nSPS) is 11.6. The Morgan fingerprint density at radius 1 is 1.44 bits per heavy atom. The molecule has 0 amide bonds. The van der Waals surface area contributed by atoms with Crippen LogP contribution < -0.4 is 0 Å². The van der Waals surface area contributed by atoms with E-state index in [2.05, 4.69) is 31.8 Å². The number of nitriles is 1. The molecule has 2 aromatic rings. The SMILES string of the molecule is CCC(C)(C)c1nc2ccc(C#N)cc2o1. The molecule has 1 aromatic carbocycles. The molecule has 0 spiro atoms. The summed E-state index contributed by atoms with van der Waals surface area (Å²) in [4.78, 5) is 4.45. The van der Waals surface area contributed by atoms with Crippen molar-refractivity contribution in [2.45, 2.75) is 32.6 Å². The van der Waals surface area contributed by atoms with Crippen molar-refractivity contribution in [3.05, 3.63) is 29.7 Å². The summed E-state index contributed by atoms with van der Waals surface area (Å²) in [5.74, 6) is 0.736. The van der Waals surface area contributed by atoms with Gasteiger partial charge in [0.05, 0.1) is 11.6 Å². The molecule has 3 heteroatoms. The maximum atomic E-state index is 8.80. The van der Waals surface area contributed by atoms with Gasteiger partial charge in [0.1, 0.15) is 5.52 Å². The summed E-state index contributed by atoms with van der Waals surface area (Å²) in [6, 6.07) is 7.41. The van der Waals surface area contributed by atoms with Gasteiger partial charge in [-0.2, -0.15) is 5.26 Å². The van der Waals surface area contributed by atoms with Crippen LogP contribution in [0.4, 0.5) is 0 Å². The van der Waals surface area contributed by atoms with Crippen molar-refractivity contribution in [3.8, 4) is 6.07 Å². The third-order valence-corrected chi connectivity index (χ3v) is 2.98. The van der Waals surface area contributed by atoms with E-state index in [1.807, 2.05) is 6.07 Å². The maximum absolute atomic E-state index is 8.80. The Hall–Kier alpha value is -1.82. The van der Waals surface area contributed by atoms with Gasteiger partial charge in [-0.25, -0.2) is 4.98 Å². The zero-order valence-electron chi connectivity index (χ0n) is 9.74. The highest BCUT2D eigenvalue weighted by molar-refractivity contribution is 5.74. The minimum absolute atomic E-state index is 0.0637. The van der Waals surface area contributed by atoms with Gasteiger partial charge < -0.3 is 4.42 Å². The van der Waals surface area contributed by atoms with Gasteiger partial charge in [-0.05, 0) is 18.6 Å². The highest BCUT2D eigenvalue weighted by atomic mass is 16.3. The molecule has 1 aromatic heterocycles. The lowest BCUT2D eigenvalue weighted by Gasteiger charge is -2.16. The molecule has 0 radical (unpaired) electrons. The molecule has 0 atom stereocenters. The molecule has 0 saturated heterocycles. The van der Waals surface area contributed by atoms with Gasteiger partial charge in [0.2, 0.25) is 5.89 Å². The zero-order chi connectivity index (χ0) is 11.8. The second kappa shape index (κ2) is 3.64. The minimum Gasteiger partial charge on any atom is -0.440 e. The average Bonchev–Trinajstić information content (AvgIpc) is 2.72. The first-order valence-electron chi connectivity index (χ1n) is 5.38. The van der Waals surface area contributed by atoms with E-state index in [1.165, 1.54) is 0 Å². The third-order valence-electron chi connectivity index (χ3n) is 2.98. The van der Waals surface area contributed by atoms with Crippen molar-refractivity contribution in [2.75, 3.05) is 0 Å². The predicted octanol–water partition coefficient (Wildman–Crippen LogP) is 3.39. The van der Waals surface area contributed by atoms with Gasteiger partial charge in [-0.15, -0.1) is 0 Å². The van der Waals surface area contributed by atoms with Crippen LogP contribution in [0.3, 0.4) is 0 Å². The smallest absolute Gasteiger partial charge is 0.201 e. The molecule has 0 aliphatic heterocycles. The molecule has 2 rings (SSSR count). The molecule has 0 unspecified atom stereocenters. The first-order chi connectivity index (χ1) is 7.56. The van der Waals surface area contributed by atoms with E-state index >= 15 is 0 Å². The van der Waals surface area contributed by atoms with E-state index in [0.29, 0.717) is 11.1 Å². The molecule has 0 N–H and O–H groups in total. The monoisotopic (exact) mass is 214 g/mol. The molecule has 82 valence electrons. The summed E-state index contributed by atoms with van der Waals surface area (Å²) < 4.78 is 5.70. The van der Waals surface area contributed by atoms with Crippen molar-refractivity contribution < 1.29 is 4.42 Å². The molecule has 0 saturated carbocycles. The molecule has 16 heavy (non-hydrogen) atoms. The summed E-state index contributed by atoms with van der Waals surface area (Å²) in [6.07, 6.45) is 0.963. The highest BCUT2D eigenvalue weighted by Crippen LogP contribution is 2.29. The van der Waals surface area contributed by atoms with Crippen molar-refractivity contribution in [1.82, 2.24) is 4.98 Å². The van der Waals surface area contributed by atoms with Crippen LogP contribution in [0.1, 0.15) is 38.6 Å². The molecule has 0 aliphatic carbocycles. The standard InChI is InChI=1S/C13H14N2O/c1-4-13(2,3)12-15-10-6-5-9(8-14)7-11(10)16-12/h5-7H,4H2,1-3H3. The first kappa shape index (κ1) is 10.7. The van der Waals surface area contributed by atoms with E-state index < -0.39 is 0 Å².